The maximum atomic E-state index is 13.6. The molecule has 0 bridgehead atoms. The van der Waals surface area contributed by atoms with E-state index in [1.807, 2.05) is 66.7 Å². The summed E-state index contributed by atoms with van der Waals surface area (Å²) >= 11 is 11.0. The average Bonchev–Trinajstić information content (AvgIpc) is 3.50. The first kappa shape index (κ1) is 25.6. The Kier molecular flexibility index (Phi) is 7.70. The van der Waals surface area contributed by atoms with E-state index in [9.17, 15) is 4.79 Å². The highest BCUT2D eigenvalue weighted by molar-refractivity contribution is 9.10. The summed E-state index contributed by atoms with van der Waals surface area (Å²) < 4.78 is 6.87. The minimum atomic E-state index is -0.136. The maximum absolute atomic E-state index is 13.6. The van der Waals surface area contributed by atoms with Gasteiger partial charge in [0.2, 0.25) is 0 Å². The summed E-state index contributed by atoms with van der Waals surface area (Å²) in [6.07, 6.45) is 3.67. The average molecular weight is 592 g/mol. The molecule has 0 unspecified atom stereocenters. The number of furan rings is 1. The molecular weight excluding hydrogens is 568 g/mol. The van der Waals surface area contributed by atoms with Gasteiger partial charge in [0.25, 0.3) is 5.91 Å². The van der Waals surface area contributed by atoms with E-state index >= 15 is 0 Å². The van der Waals surface area contributed by atoms with Crippen molar-refractivity contribution in [1.82, 2.24) is 0 Å². The lowest BCUT2D eigenvalue weighted by Gasteiger charge is -2.16. The molecule has 5 rings (SSSR count). The fourth-order valence-corrected chi connectivity index (χ4v) is 5.35. The van der Waals surface area contributed by atoms with Crippen molar-refractivity contribution in [3.05, 3.63) is 110 Å². The Labute approximate surface area is 234 Å². The van der Waals surface area contributed by atoms with Gasteiger partial charge >= 0.3 is 0 Å². The van der Waals surface area contributed by atoms with E-state index in [0.717, 1.165) is 34.3 Å². The molecule has 7 heteroatoms. The third-order valence-corrected chi connectivity index (χ3v) is 8.28. The Bertz CT molecular complexity index is 1510. The second-order valence-corrected chi connectivity index (χ2v) is 10.8. The number of nitrogens with zero attached hydrogens (tertiary/aromatic N) is 2. The summed E-state index contributed by atoms with van der Waals surface area (Å²) in [5.74, 6) is 1.12. The SMILES string of the molecule is CCc1ccc(N=C2S/C(=C\c3ccc(-c4ccc(Br)c(Cl)c4)o3)C(=O)N2c2ccc(CC)cc2)cc1. The van der Waals surface area contributed by atoms with Gasteiger partial charge in [0.1, 0.15) is 11.5 Å². The van der Waals surface area contributed by atoms with Crippen molar-refractivity contribution in [2.75, 3.05) is 4.90 Å². The van der Waals surface area contributed by atoms with E-state index in [1.165, 1.54) is 22.9 Å². The highest BCUT2D eigenvalue weighted by atomic mass is 79.9. The van der Waals surface area contributed by atoms with E-state index in [1.54, 1.807) is 11.0 Å². The van der Waals surface area contributed by atoms with Crippen LogP contribution in [0.4, 0.5) is 11.4 Å². The van der Waals surface area contributed by atoms with Crippen LogP contribution in [-0.2, 0) is 17.6 Å². The van der Waals surface area contributed by atoms with E-state index in [4.69, 9.17) is 21.0 Å². The van der Waals surface area contributed by atoms with Crippen molar-refractivity contribution in [1.29, 1.82) is 0 Å². The zero-order valence-electron chi connectivity index (χ0n) is 20.4. The molecule has 3 aromatic carbocycles. The Balaban J connectivity index is 1.49. The molecule has 0 spiro atoms. The zero-order valence-corrected chi connectivity index (χ0v) is 23.5. The molecule has 1 aromatic heterocycles. The van der Waals surface area contributed by atoms with Crippen molar-refractivity contribution < 1.29 is 9.21 Å². The number of carbonyl (C=O) groups excluding carboxylic acids is 1. The summed E-state index contributed by atoms with van der Waals surface area (Å²) in [6, 6.07) is 25.5. The highest BCUT2D eigenvalue weighted by Gasteiger charge is 2.35. The van der Waals surface area contributed by atoms with Gasteiger partial charge in [0, 0.05) is 16.1 Å². The smallest absolute Gasteiger partial charge is 0.271 e. The molecule has 1 saturated heterocycles. The van der Waals surface area contributed by atoms with Gasteiger partial charge in [-0.25, -0.2) is 4.99 Å². The van der Waals surface area contributed by atoms with Crippen LogP contribution in [0.25, 0.3) is 17.4 Å². The second-order valence-electron chi connectivity index (χ2n) is 8.52. The van der Waals surface area contributed by atoms with Gasteiger partial charge < -0.3 is 4.42 Å². The van der Waals surface area contributed by atoms with E-state index in [2.05, 4.69) is 41.9 Å². The summed E-state index contributed by atoms with van der Waals surface area (Å²) in [5, 5.41) is 1.21. The van der Waals surface area contributed by atoms with Crippen molar-refractivity contribution >= 4 is 67.8 Å². The maximum Gasteiger partial charge on any atom is 0.271 e. The first-order valence-electron chi connectivity index (χ1n) is 12.0. The number of benzene rings is 3. The largest absolute Gasteiger partial charge is 0.457 e. The molecule has 0 radical (unpaired) electrons. The molecular formula is C30H24BrClN2O2S. The quantitative estimate of drug-likeness (QED) is 0.210. The Morgan fingerprint density at radius 1 is 0.946 bits per heavy atom. The van der Waals surface area contributed by atoms with Crippen LogP contribution < -0.4 is 4.90 Å². The van der Waals surface area contributed by atoms with Crippen LogP contribution in [0.5, 0.6) is 0 Å². The first-order valence-corrected chi connectivity index (χ1v) is 14.0. The van der Waals surface area contributed by atoms with Crippen molar-refractivity contribution in [3.8, 4) is 11.3 Å². The molecule has 1 fully saturated rings. The van der Waals surface area contributed by atoms with Crippen LogP contribution in [0, 0.1) is 0 Å². The van der Waals surface area contributed by atoms with Crippen LogP contribution in [0.3, 0.4) is 0 Å². The minimum Gasteiger partial charge on any atom is -0.457 e. The Hall–Kier alpha value is -3.06. The third-order valence-electron chi connectivity index (χ3n) is 6.08. The normalized spacial score (nSPS) is 15.8. The highest BCUT2D eigenvalue weighted by Crippen LogP contribution is 2.38. The first-order chi connectivity index (χ1) is 17.9. The van der Waals surface area contributed by atoms with Crippen LogP contribution >= 0.6 is 39.3 Å². The fraction of sp³-hybridized carbons (Fsp3) is 0.133. The molecule has 2 heterocycles. The van der Waals surface area contributed by atoms with Gasteiger partial charge in [-0.3, -0.25) is 9.69 Å². The Morgan fingerprint density at radius 2 is 1.62 bits per heavy atom. The van der Waals surface area contributed by atoms with Crippen LogP contribution in [0.15, 0.2) is 97.7 Å². The number of amidine groups is 1. The number of anilines is 1. The fourth-order valence-electron chi connectivity index (χ4n) is 3.94. The molecule has 0 N–H and O–H groups in total. The third kappa shape index (κ3) is 5.61. The molecule has 0 aliphatic carbocycles. The van der Waals surface area contributed by atoms with Crippen LogP contribution in [0.1, 0.15) is 30.7 Å². The number of thioether (sulfide) groups is 1. The molecule has 186 valence electrons. The number of amides is 1. The second kappa shape index (κ2) is 11.1. The summed E-state index contributed by atoms with van der Waals surface area (Å²) in [7, 11) is 0. The van der Waals surface area contributed by atoms with Gasteiger partial charge in [-0.1, -0.05) is 55.8 Å². The van der Waals surface area contributed by atoms with E-state index < -0.39 is 0 Å². The number of aryl methyl sites for hydroxylation is 2. The van der Waals surface area contributed by atoms with Gasteiger partial charge in [0.05, 0.1) is 21.3 Å². The topological polar surface area (TPSA) is 45.8 Å². The lowest BCUT2D eigenvalue weighted by atomic mass is 10.1. The molecule has 4 aromatic rings. The predicted molar refractivity (Wildman–Crippen MR) is 159 cm³/mol. The number of halogens is 2. The summed E-state index contributed by atoms with van der Waals surface area (Å²) in [5.41, 5.74) is 4.90. The molecule has 0 atom stereocenters. The minimum absolute atomic E-state index is 0.136. The zero-order chi connectivity index (χ0) is 25.9. The number of hydrogen-bond donors (Lipinski definition) is 0. The number of carbonyl (C=O) groups is 1. The standard InChI is InChI=1S/C30H24BrClN2O2S/c1-3-19-5-10-22(11-6-19)33-30-34(23-12-7-20(4-2)8-13-23)29(35)28(37-30)18-24-14-16-27(36-24)21-9-15-25(31)26(32)17-21/h5-18H,3-4H2,1-2H3/b28-18-,33-30?. The number of aliphatic imine (C=N–C) groups is 1. The molecule has 4 nitrogen and oxygen atoms in total. The number of hydrogen-bond acceptors (Lipinski definition) is 4. The van der Waals surface area contributed by atoms with Gasteiger partial charge in [-0.15, -0.1) is 0 Å². The monoisotopic (exact) mass is 590 g/mol. The molecule has 1 aliphatic rings. The van der Waals surface area contributed by atoms with Crippen LogP contribution in [0.2, 0.25) is 5.02 Å². The summed E-state index contributed by atoms with van der Waals surface area (Å²) in [4.78, 5) is 20.7. The molecule has 37 heavy (non-hydrogen) atoms. The predicted octanol–water partition coefficient (Wildman–Crippen LogP) is 9.30. The van der Waals surface area contributed by atoms with E-state index in [0.29, 0.717) is 26.6 Å². The Morgan fingerprint density at radius 3 is 2.27 bits per heavy atom. The van der Waals surface area contributed by atoms with Crippen molar-refractivity contribution in [2.24, 2.45) is 4.99 Å². The van der Waals surface area contributed by atoms with Gasteiger partial charge in [0.15, 0.2) is 5.17 Å². The molecule has 1 amide bonds. The molecule has 1 aliphatic heterocycles. The van der Waals surface area contributed by atoms with Gasteiger partial charge in [-0.05, 0) is 100 Å². The van der Waals surface area contributed by atoms with Crippen molar-refractivity contribution in [3.63, 3.8) is 0 Å². The number of rotatable bonds is 6. The molecule has 0 saturated carbocycles. The lowest BCUT2D eigenvalue weighted by Crippen LogP contribution is -2.28. The lowest BCUT2D eigenvalue weighted by molar-refractivity contribution is -0.113. The van der Waals surface area contributed by atoms with Crippen LogP contribution in [-0.4, -0.2) is 11.1 Å². The van der Waals surface area contributed by atoms with Gasteiger partial charge in [-0.2, -0.15) is 0 Å². The summed E-state index contributed by atoms with van der Waals surface area (Å²) in [6.45, 7) is 4.23. The van der Waals surface area contributed by atoms with E-state index in [-0.39, 0.29) is 5.91 Å². The van der Waals surface area contributed by atoms with Crippen molar-refractivity contribution in [2.45, 2.75) is 26.7 Å².